The molecule has 0 unspecified atom stereocenters. The molecule has 0 aliphatic rings. The highest BCUT2D eigenvalue weighted by Gasteiger charge is 2.23. The Labute approximate surface area is 171 Å². The fraction of sp³-hybridized carbons (Fsp3) is 0.174. The molecule has 0 saturated carbocycles. The maximum atomic E-state index is 13.1. The van der Waals surface area contributed by atoms with Crippen molar-refractivity contribution in [1.29, 1.82) is 0 Å². The van der Waals surface area contributed by atoms with Crippen LogP contribution in [0.15, 0.2) is 89.8 Å². The molecule has 1 amide bonds. The third-order valence-corrected chi connectivity index (χ3v) is 6.03. The first-order chi connectivity index (χ1) is 13.9. The standard InChI is InChI=1S/C23H24N2O3S/c1-17(2)25-29(27,28)21-15-13-20(14-16-21)24-23(26)22(18-9-5-3-6-10-18)19-11-7-4-8-12-19/h3-17,22,25H,1-2H3,(H,24,26). The highest BCUT2D eigenvalue weighted by Crippen LogP contribution is 2.26. The number of rotatable bonds is 7. The van der Waals surface area contributed by atoms with Crippen LogP contribution in [0.1, 0.15) is 30.9 Å². The Morgan fingerprint density at radius 1 is 0.759 bits per heavy atom. The van der Waals surface area contributed by atoms with Gasteiger partial charge in [0.05, 0.1) is 10.8 Å². The van der Waals surface area contributed by atoms with E-state index in [0.29, 0.717) is 5.69 Å². The second kappa shape index (κ2) is 9.03. The molecule has 0 aliphatic heterocycles. The van der Waals surface area contributed by atoms with Crippen LogP contribution in [0.5, 0.6) is 0 Å². The average Bonchev–Trinajstić information content (AvgIpc) is 2.69. The zero-order valence-corrected chi connectivity index (χ0v) is 17.2. The molecule has 29 heavy (non-hydrogen) atoms. The fourth-order valence-electron chi connectivity index (χ4n) is 3.10. The number of anilines is 1. The Kier molecular flexibility index (Phi) is 6.46. The van der Waals surface area contributed by atoms with Gasteiger partial charge in [-0.05, 0) is 49.2 Å². The van der Waals surface area contributed by atoms with Crippen LogP contribution in [0.3, 0.4) is 0 Å². The van der Waals surface area contributed by atoms with E-state index in [9.17, 15) is 13.2 Å². The zero-order valence-electron chi connectivity index (χ0n) is 16.4. The Hall–Kier alpha value is -2.96. The number of carbonyl (C=O) groups excluding carboxylic acids is 1. The van der Waals surface area contributed by atoms with Crippen LogP contribution >= 0.6 is 0 Å². The normalized spacial score (nSPS) is 11.6. The van der Waals surface area contributed by atoms with Gasteiger partial charge in [0.15, 0.2) is 0 Å². The van der Waals surface area contributed by atoms with Gasteiger partial charge >= 0.3 is 0 Å². The Morgan fingerprint density at radius 2 is 1.24 bits per heavy atom. The highest BCUT2D eigenvalue weighted by atomic mass is 32.2. The largest absolute Gasteiger partial charge is 0.325 e. The lowest BCUT2D eigenvalue weighted by Gasteiger charge is -2.18. The summed E-state index contributed by atoms with van der Waals surface area (Å²) in [7, 11) is -3.57. The molecule has 0 atom stereocenters. The second-order valence-electron chi connectivity index (χ2n) is 7.04. The van der Waals surface area contributed by atoms with Crippen LogP contribution in [0.25, 0.3) is 0 Å². The molecule has 0 heterocycles. The van der Waals surface area contributed by atoms with Gasteiger partial charge < -0.3 is 5.32 Å². The van der Waals surface area contributed by atoms with Crippen LogP contribution in [0.2, 0.25) is 0 Å². The Balaban J connectivity index is 1.83. The van der Waals surface area contributed by atoms with Crippen LogP contribution in [-0.2, 0) is 14.8 Å². The van der Waals surface area contributed by atoms with Crippen molar-refractivity contribution in [3.8, 4) is 0 Å². The predicted molar refractivity (Wildman–Crippen MR) is 115 cm³/mol. The number of nitrogens with one attached hydrogen (secondary N) is 2. The van der Waals surface area contributed by atoms with E-state index in [2.05, 4.69) is 10.0 Å². The molecule has 2 N–H and O–H groups in total. The number of carbonyl (C=O) groups is 1. The summed E-state index contributed by atoms with van der Waals surface area (Å²) in [5.41, 5.74) is 2.31. The molecule has 0 bridgehead atoms. The van der Waals surface area contributed by atoms with Gasteiger partial charge in [-0.1, -0.05) is 60.7 Å². The lowest BCUT2D eigenvalue weighted by atomic mass is 9.90. The Morgan fingerprint density at radius 3 is 1.69 bits per heavy atom. The first kappa shape index (κ1) is 20.8. The maximum absolute atomic E-state index is 13.1. The maximum Gasteiger partial charge on any atom is 0.240 e. The van der Waals surface area contributed by atoms with Crippen molar-refractivity contribution in [2.45, 2.75) is 30.7 Å². The molecule has 0 spiro atoms. The second-order valence-corrected chi connectivity index (χ2v) is 8.76. The summed E-state index contributed by atoms with van der Waals surface area (Å²) in [5, 5.41) is 2.90. The van der Waals surface area contributed by atoms with Gasteiger partial charge in [0.1, 0.15) is 0 Å². The summed E-state index contributed by atoms with van der Waals surface area (Å²) in [6.07, 6.45) is 0. The van der Waals surface area contributed by atoms with E-state index >= 15 is 0 Å². The smallest absolute Gasteiger partial charge is 0.240 e. The topological polar surface area (TPSA) is 75.3 Å². The van der Waals surface area contributed by atoms with Crippen molar-refractivity contribution < 1.29 is 13.2 Å². The number of hydrogen-bond acceptors (Lipinski definition) is 3. The van der Waals surface area contributed by atoms with E-state index < -0.39 is 15.9 Å². The Bertz CT molecular complexity index is 1010. The summed E-state index contributed by atoms with van der Waals surface area (Å²) in [6, 6.07) is 25.1. The first-order valence-electron chi connectivity index (χ1n) is 9.40. The lowest BCUT2D eigenvalue weighted by molar-refractivity contribution is -0.116. The van der Waals surface area contributed by atoms with Gasteiger partial charge in [-0.15, -0.1) is 0 Å². The molecule has 3 aromatic carbocycles. The van der Waals surface area contributed by atoms with Gasteiger partial charge in [0, 0.05) is 11.7 Å². The van der Waals surface area contributed by atoms with E-state index in [0.717, 1.165) is 11.1 Å². The summed E-state index contributed by atoms with van der Waals surface area (Å²) < 4.78 is 27.1. The molecule has 6 heteroatoms. The zero-order chi connectivity index (χ0) is 20.9. The van der Waals surface area contributed by atoms with Gasteiger partial charge in [-0.2, -0.15) is 0 Å². The average molecular weight is 409 g/mol. The number of hydrogen-bond donors (Lipinski definition) is 2. The van der Waals surface area contributed by atoms with Crippen LogP contribution in [0.4, 0.5) is 5.69 Å². The molecular weight excluding hydrogens is 384 g/mol. The minimum absolute atomic E-state index is 0.159. The minimum atomic E-state index is -3.57. The summed E-state index contributed by atoms with van der Waals surface area (Å²) in [5.74, 6) is -0.651. The molecule has 0 saturated heterocycles. The highest BCUT2D eigenvalue weighted by molar-refractivity contribution is 7.89. The third-order valence-electron chi connectivity index (χ3n) is 4.35. The van der Waals surface area contributed by atoms with E-state index in [4.69, 9.17) is 0 Å². The number of amides is 1. The van der Waals surface area contributed by atoms with E-state index in [-0.39, 0.29) is 16.8 Å². The van der Waals surface area contributed by atoms with Crippen LogP contribution < -0.4 is 10.0 Å². The van der Waals surface area contributed by atoms with Crippen molar-refractivity contribution in [2.75, 3.05) is 5.32 Å². The monoisotopic (exact) mass is 408 g/mol. The van der Waals surface area contributed by atoms with E-state index in [1.807, 2.05) is 60.7 Å². The van der Waals surface area contributed by atoms with Crippen LogP contribution in [-0.4, -0.2) is 20.4 Å². The van der Waals surface area contributed by atoms with Crippen LogP contribution in [0, 0.1) is 0 Å². The summed E-state index contributed by atoms with van der Waals surface area (Å²) >= 11 is 0. The van der Waals surface area contributed by atoms with Crippen molar-refractivity contribution in [3.63, 3.8) is 0 Å². The predicted octanol–water partition coefficient (Wildman–Crippen LogP) is 4.14. The third kappa shape index (κ3) is 5.31. The van der Waals surface area contributed by atoms with E-state index in [1.165, 1.54) is 12.1 Å². The summed E-state index contributed by atoms with van der Waals surface area (Å²) in [6.45, 7) is 3.53. The van der Waals surface area contributed by atoms with Gasteiger partial charge in [-0.25, -0.2) is 13.1 Å². The van der Waals surface area contributed by atoms with Crippen molar-refractivity contribution in [1.82, 2.24) is 4.72 Å². The molecule has 150 valence electrons. The SMILES string of the molecule is CC(C)NS(=O)(=O)c1ccc(NC(=O)C(c2ccccc2)c2ccccc2)cc1. The molecule has 0 aromatic heterocycles. The number of benzene rings is 3. The molecule has 3 rings (SSSR count). The van der Waals surface area contributed by atoms with Gasteiger partial charge in [-0.3, -0.25) is 4.79 Å². The molecular formula is C23H24N2O3S. The van der Waals surface area contributed by atoms with E-state index in [1.54, 1.807) is 26.0 Å². The first-order valence-corrected chi connectivity index (χ1v) is 10.9. The number of sulfonamides is 1. The molecule has 3 aromatic rings. The summed E-state index contributed by atoms with van der Waals surface area (Å²) in [4.78, 5) is 13.3. The van der Waals surface area contributed by atoms with Gasteiger partial charge in [0.25, 0.3) is 0 Å². The van der Waals surface area contributed by atoms with Crippen molar-refractivity contribution >= 4 is 21.6 Å². The fourth-order valence-corrected chi connectivity index (χ4v) is 4.35. The molecule has 5 nitrogen and oxygen atoms in total. The van der Waals surface area contributed by atoms with Gasteiger partial charge in [0.2, 0.25) is 15.9 Å². The minimum Gasteiger partial charge on any atom is -0.325 e. The lowest BCUT2D eigenvalue weighted by Crippen LogP contribution is -2.30. The molecule has 0 fully saturated rings. The quantitative estimate of drug-likeness (QED) is 0.617. The van der Waals surface area contributed by atoms with Crippen molar-refractivity contribution in [2.24, 2.45) is 0 Å². The molecule has 0 radical (unpaired) electrons. The molecule has 0 aliphatic carbocycles. The van der Waals surface area contributed by atoms with Crippen molar-refractivity contribution in [3.05, 3.63) is 96.1 Å².